The number of unbranched alkanes of at least 4 members (excludes halogenated alkanes) is 5. The fourth-order valence-corrected chi connectivity index (χ4v) is 5.30. The number of hydrogen-bond acceptors (Lipinski definition) is 2. The SMILES string of the molecule is CCC/C=C/c1cc(/C=C/C(CC)CCCCCc2cc(CCCCC)cc(CCC(=O)O)c2)cc(CC(=O)O)c1. The summed E-state index contributed by atoms with van der Waals surface area (Å²) in [7, 11) is 0. The van der Waals surface area contributed by atoms with Crippen molar-refractivity contribution in [3.05, 3.63) is 81.9 Å². The number of allylic oxidation sites excluding steroid dienone is 2. The van der Waals surface area contributed by atoms with Crippen LogP contribution in [0, 0.1) is 5.92 Å². The van der Waals surface area contributed by atoms with Crippen LogP contribution in [-0.4, -0.2) is 22.2 Å². The Labute approximate surface area is 248 Å². The van der Waals surface area contributed by atoms with Crippen LogP contribution in [0.4, 0.5) is 0 Å². The number of benzene rings is 2. The predicted octanol–water partition coefficient (Wildman–Crippen LogP) is 9.72. The molecule has 0 aliphatic carbocycles. The van der Waals surface area contributed by atoms with Crippen LogP contribution in [0.25, 0.3) is 12.2 Å². The van der Waals surface area contributed by atoms with Crippen molar-refractivity contribution in [1.82, 2.24) is 0 Å². The van der Waals surface area contributed by atoms with E-state index in [1.165, 1.54) is 43.2 Å². The molecule has 2 aromatic rings. The third kappa shape index (κ3) is 14.9. The van der Waals surface area contributed by atoms with E-state index in [4.69, 9.17) is 5.11 Å². The zero-order valence-corrected chi connectivity index (χ0v) is 25.7. The molecule has 0 saturated carbocycles. The van der Waals surface area contributed by atoms with Gasteiger partial charge in [0.15, 0.2) is 0 Å². The number of aryl methyl sites for hydroxylation is 3. The maximum Gasteiger partial charge on any atom is 0.307 e. The van der Waals surface area contributed by atoms with Gasteiger partial charge in [-0.05, 0) is 96.7 Å². The zero-order chi connectivity index (χ0) is 29.9. The minimum absolute atomic E-state index is 0.0379. The zero-order valence-electron chi connectivity index (χ0n) is 25.7. The molecule has 4 heteroatoms. The Morgan fingerprint density at radius 1 is 0.683 bits per heavy atom. The molecule has 4 nitrogen and oxygen atoms in total. The van der Waals surface area contributed by atoms with Crippen molar-refractivity contribution in [2.45, 2.75) is 117 Å². The summed E-state index contributed by atoms with van der Waals surface area (Å²) in [5.74, 6) is -1.04. The van der Waals surface area contributed by atoms with Gasteiger partial charge in [0.1, 0.15) is 0 Å². The Morgan fingerprint density at radius 3 is 1.90 bits per heavy atom. The Bertz CT molecular complexity index is 1130. The normalized spacial score (nSPS) is 12.4. The maximum atomic E-state index is 11.3. The molecular formula is C37H52O4. The highest BCUT2D eigenvalue weighted by Gasteiger charge is 2.07. The predicted molar refractivity (Wildman–Crippen MR) is 172 cm³/mol. The van der Waals surface area contributed by atoms with Gasteiger partial charge in [-0.25, -0.2) is 0 Å². The van der Waals surface area contributed by atoms with Crippen molar-refractivity contribution in [2.75, 3.05) is 0 Å². The second-order valence-electron chi connectivity index (χ2n) is 11.4. The van der Waals surface area contributed by atoms with Crippen molar-refractivity contribution < 1.29 is 19.8 Å². The van der Waals surface area contributed by atoms with Crippen molar-refractivity contribution in [2.24, 2.45) is 5.92 Å². The van der Waals surface area contributed by atoms with E-state index in [2.05, 4.69) is 69.3 Å². The van der Waals surface area contributed by atoms with Crippen molar-refractivity contribution in [3.63, 3.8) is 0 Å². The van der Waals surface area contributed by atoms with Crippen molar-refractivity contribution >= 4 is 24.1 Å². The Balaban J connectivity index is 1.93. The number of carboxylic acids is 2. The van der Waals surface area contributed by atoms with Gasteiger partial charge in [-0.15, -0.1) is 0 Å². The number of hydrogen-bond donors (Lipinski definition) is 2. The van der Waals surface area contributed by atoms with Crippen LogP contribution in [0.5, 0.6) is 0 Å². The molecule has 0 heterocycles. The molecule has 41 heavy (non-hydrogen) atoms. The molecule has 0 amide bonds. The lowest BCUT2D eigenvalue weighted by Crippen LogP contribution is -2.01. The lowest BCUT2D eigenvalue weighted by molar-refractivity contribution is -0.137. The summed E-state index contributed by atoms with van der Waals surface area (Å²) in [6.45, 7) is 6.60. The average Bonchev–Trinajstić information content (AvgIpc) is 2.93. The van der Waals surface area contributed by atoms with Gasteiger partial charge in [0.05, 0.1) is 6.42 Å². The average molecular weight is 561 g/mol. The van der Waals surface area contributed by atoms with Crippen LogP contribution in [0.2, 0.25) is 0 Å². The maximum absolute atomic E-state index is 11.3. The molecule has 0 radical (unpaired) electrons. The van der Waals surface area contributed by atoms with E-state index in [1.807, 2.05) is 12.1 Å². The highest BCUT2D eigenvalue weighted by atomic mass is 16.4. The molecule has 1 atom stereocenters. The Kier molecular flexibility index (Phi) is 16.5. The topological polar surface area (TPSA) is 74.6 Å². The first-order chi connectivity index (χ1) is 19.8. The van der Waals surface area contributed by atoms with E-state index < -0.39 is 11.9 Å². The van der Waals surface area contributed by atoms with E-state index in [9.17, 15) is 14.7 Å². The van der Waals surface area contributed by atoms with E-state index in [0.717, 1.165) is 67.2 Å². The first-order valence-corrected chi connectivity index (χ1v) is 15.9. The summed E-state index contributed by atoms with van der Waals surface area (Å²) in [5, 5.41) is 18.4. The fraction of sp³-hybridized carbons (Fsp3) is 0.514. The molecule has 0 spiro atoms. The fourth-order valence-electron chi connectivity index (χ4n) is 5.30. The summed E-state index contributed by atoms with van der Waals surface area (Å²) in [6, 6.07) is 12.9. The molecule has 0 saturated heterocycles. The molecule has 2 rings (SSSR count). The van der Waals surface area contributed by atoms with E-state index in [0.29, 0.717) is 12.3 Å². The number of carbonyl (C=O) groups is 2. The molecule has 224 valence electrons. The molecule has 1 unspecified atom stereocenters. The molecule has 0 aliphatic rings. The molecular weight excluding hydrogens is 508 g/mol. The van der Waals surface area contributed by atoms with Crippen LogP contribution < -0.4 is 0 Å². The quantitative estimate of drug-likeness (QED) is 0.149. The van der Waals surface area contributed by atoms with Gasteiger partial charge in [-0.3, -0.25) is 9.59 Å². The van der Waals surface area contributed by atoms with Crippen LogP contribution >= 0.6 is 0 Å². The largest absolute Gasteiger partial charge is 0.481 e. The molecule has 0 bridgehead atoms. The third-order valence-corrected chi connectivity index (χ3v) is 7.59. The van der Waals surface area contributed by atoms with Crippen molar-refractivity contribution in [3.8, 4) is 0 Å². The number of rotatable bonds is 21. The Morgan fingerprint density at radius 2 is 1.32 bits per heavy atom. The van der Waals surface area contributed by atoms with Gasteiger partial charge < -0.3 is 10.2 Å². The highest BCUT2D eigenvalue weighted by Crippen LogP contribution is 2.21. The standard InChI is InChI=1S/C37H52O4/c1-4-7-10-15-30-22-31(24-34(23-30)20-21-36(38)39)17-13-9-12-14-29(6-3)18-19-33-25-32(16-11-8-5-2)26-35(27-33)28-37(40)41/h11,16,18-19,22-27,29H,4-10,12-15,17,20-21,28H2,1-3H3,(H,38,39)(H,40,41)/b16-11+,19-18+. The van der Waals surface area contributed by atoms with Gasteiger partial charge in [0.2, 0.25) is 0 Å². The number of carboxylic acid groups (broad SMARTS) is 2. The monoisotopic (exact) mass is 560 g/mol. The molecule has 0 aromatic heterocycles. The van der Waals surface area contributed by atoms with E-state index in [1.54, 1.807) is 0 Å². The summed E-state index contributed by atoms with van der Waals surface area (Å²) >= 11 is 0. The van der Waals surface area contributed by atoms with Crippen LogP contribution in [0.15, 0.2) is 48.6 Å². The van der Waals surface area contributed by atoms with Gasteiger partial charge in [-0.2, -0.15) is 0 Å². The van der Waals surface area contributed by atoms with Gasteiger partial charge in [0.25, 0.3) is 0 Å². The molecule has 2 N–H and O–H groups in total. The second-order valence-corrected chi connectivity index (χ2v) is 11.4. The lowest BCUT2D eigenvalue weighted by Gasteiger charge is -2.12. The minimum atomic E-state index is -0.805. The second kappa shape index (κ2) is 19.9. The van der Waals surface area contributed by atoms with Crippen LogP contribution in [-0.2, 0) is 35.3 Å². The van der Waals surface area contributed by atoms with E-state index >= 15 is 0 Å². The smallest absolute Gasteiger partial charge is 0.307 e. The minimum Gasteiger partial charge on any atom is -0.481 e. The van der Waals surface area contributed by atoms with Crippen LogP contribution in [0.3, 0.4) is 0 Å². The molecule has 0 fully saturated rings. The van der Waals surface area contributed by atoms with E-state index in [-0.39, 0.29) is 12.8 Å². The van der Waals surface area contributed by atoms with Gasteiger partial charge in [0, 0.05) is 6.42 Å². The summed E-state index contributed by atoms with van der Waals surface area (Å²) in [4.78, 5) is 22.4. The summed E-state index contributed by atoms with van der Waals surface area (Å²) < 4.78 is 0. The van der Waals surface area contributed by atoms with Crippen molar-refractivity contribution in [1.29, 1.82) is 0 Å². The summed E-state index contributed by atoms with van der Waals surface area (Å²) in [5.41, 5.74) is 6.81. The van der Waals surface area contributed by atoms with Gasteiger partial charge >= 0.3 is 11.9 Å². The number of aliphatic carboxylic acids is 2. The Hall–Kier alpha value is -3.14. The van der Waals surface area contributed by atoms with Crippen LogP contribution in [0.1, 0.15) is 125 Å². The molecule has 0 aliphatic heterocycles. The first-order valence-electron chi connectivity index (χ1n) is 15.9. The summed E-state index contributed by atoms with van der Waals surface area (Å²) in [6.07, 6.45) is 23.1. The third-order valence-electron chi connectivity index (χ3n) is 7.59. The molecule has 2 aromatic carbocycles. The lowest BCUT2D eigenvalue weighted by atomic mass is 9.94. The van der Waals surface area contributed by atoms with Gasteiger partial charge in [-0.1, -0.05) is 108 Å². The first kappa shape index (κ1) is 34.1. The highest BCUT2D eigenvalue weighted by molar-refractivity contribution is 5.71.